The molecule has 3 aromatic rings. The number of imidazole rings is 1. The lowest BCUT2D eigenvalue weighted by Gasteiger charge is -1.87. The van der Waals surface area contributed by atoms with Crippen molar-refractivity contribution in [1.82, 2.24) is 15.0 Å². The Morgan fingerprint density at radius 1 is 1.17 bits per heavy atom. The Balaban J connectivity index is 2.71. The van der Waals surface area contributed by atoms with Crippen LogP contribution in [-0.4, -0.2) is 15.0 Å². The summed E-state index contributed by atoms with van der Waals surface area (Å²) in [6.07, 6.45) is 1.70. The summed E-state index contributed by atoms with van der Waals surface area (Å²) in [4.78, 5) is 11.5. The standard InChI is InChI=1S/C8H5N3S/c1-2-6-8(11-4-12-6)7-5(1)9-3-10-7/h1-4H,(H,9,10). The van der Waals surface area contributed by atoms with Gasteiger partial charge in [-0.2, -0.15) is 0 Å². The van der Waals surface area contributed by atoms with Gasteiger partial charge in [-0.3, -0.25) is 0 Å². The van der Waals surface area contributed by atoms with Crippen LogP contribution in [0.4, 0.5) is 0 Å². The Morgan fingerprint density at radius 3 is 3.17 bits per heavy atom. The van der Waals surface area contributed by atoms with Gasteiger partial charge in [0.05, 0.1) is 22.1 Å². The average molecular weight is 175 g/mol. The molecule has 1 N–H and O–H groups in total. The van der Waals surface area contributed by atoms with Crippen LogP contribution in [0.3, 0.4) is 0 Å². The minimum atomic E-state index is 0.966. The highest BCUT2D eigenvalue weighted by atomic mass is 32.1. The van der Waals surface area contributed by atoms with E-state index in [2.05, 4.69) is 21.0 Å². The average Bonchev–Trinajstić information content (AvgIpc) is 2.71. The lowest BCUT2D eigenvalue weighted by molar-refractivity contribution is 1.34. The van der Waals surface area contributed by atoms with Gasteiger partial charge >= 0.3 is 0 Å². The van der Waals surface area contributed by atoms with E-state index in [-0.39, 0.29) is 0 Å². The minimum absolute atomic E-state index is 0.966. The first-order valence-electron chi connectivity index (χ1n) is 3.60. The molecule has 0 unspecified atom stereocenters. The molecule has 0 bridgehead atoms. The van der Waals surface area contributed by atoms with Crippen molar-refractivity contribution in [2.45, 2.75) is 0 Å². The van der Waals surface area contributed by atoms with Gasteiger partial charge in [0.15, 0.2) is 0 Å². The largest absolute Gasteiger partial charge is 0.345 e. The summed E-state index contributed by atoms with van der Waals surface area (Å²) >= 11 is 1.64. The number of nitrogens with one attached hydrogen (secondary N) is 1. The highest BCUT2D eigenvalue weighted by Gasteiger charge is 2.03. The van der Waals surface area contributed by atoms with Crippen LogP contribution in [0.5, 0.6) is 0 Å². The second-order valence-electron chi connectivity index (χ2n) is 2.56. The smallest absolute Gasteiger partial charge is 0.115 e. The number of aromatic amines is 1. The molecule has 3 nitrogen and oxygen atoms in total. The first-order chi connectivity index (χ1) is 5.95. The summed E-state index contributed by atoms with van der Waals surface area (Å²) in [5.41, 5.74) is 4.86. The number of hydrogen-bond donors (Lipinski definition) is 1. The van der Waals surface area contributed by atoms with Gasteiger partial charge in [0.25, 0.3) is 0 Å². The van der Waals surface area contributed by atoms with E-state index < -0.39 is 0 Å². The first-order valence-corrected chi connectivity index (χ1v) is 4.48. The Bertz CT molecular complexity index is 487. The summed E-state index contributed by atoms with van der Waals surface area (Å²) < 4.78 is 1.19. The van der Waals surface area contributed by atoms with Crippen LogP contribution in [0.25, 0.3) is 21.3 Å². The van der Waals surface area contributed by atoms with Crippen molar-refractivity contribution in [2.75, 3.05) is 0 Å². The highest BCUT2D eigenvalue weighted by molar-refractivity contribution is 7.16. The molecule has 2 aromatic heterocycles. The third-order valence-corrected chi connectivity index (χ3v) is 2.68. The van der Waals surface area contributed by atoms with Gasteiger partial charge in [-0.05, 0) is 12.1 Å². The van der Waals surface area contributed by atoms with Crippen LogP contribution < -0.4 is 0 Å². The van der Waals surface area contributed by atoms with E-state index in [1.807, 2.05) is 11.6 Å². The van der Waals surface area contributed by atoms with E-state index in [1.54, 1.807) is 17.7 Å². The maximum Gasteiger partial charge on any atom is 0.115 e. The monoisotopic (exact) mass is 175 g/mol. The van der Waals surface area contributed by atoms with Gasteiger partial charge in [-0.25, -0.2) is 9.97 Å². The van der Waals surface area contributed by atoms with Crippen molar-refractivity contribution in [2.24, 2.45) is 0 Å². The fraction of sp³-hybridized carbons (Fsp3) is 0. The number of hydrogen-bond acceptors (Lipinski definition) is 3. The predicted molar refractivity (Wildman–Crippen MR) is 49.3 cm³/mol. The van der Waals surface area contributed by atoms with E-state index in [0.29, 0.717) is 0 Å². The first kappa shape index (κ1) is 6.14. The summed E-state index contributed by atoms with van der Waals surface area (Å²) in [6, 6.07) is 4.09. The number of aromatic nitrogens is 3. The Morgan fingerprint density at radius 2 is 2.17 bits per heavy atom. The van der Waals surface area contributed by atoms with Gasteiger partial charge < -0.3 is 4.98 Å². The van der Waals surface area contributed by atoms with Gasteiger partial charge in [-0.15, -0.1) is 11.3 Å². The van der Waals surface area contributed by atoms with Crippen LogP contribution in [0.2, 0.25) is 0 Å². The molecular weight excluding hydrogens is 170 g/mol. The zero-order chi connectivity index (χ0) is 7.97. The molecule has 0 spiro atoms. The molecule has 0 aliphatic carbocycles. The zero-order valence-corrected chi connectivity index (χ0v) is 6.93. The van der Waals surface area contributed by atoms with Crippen LogP contribution in [-0.2, 0) is 0 Å². The minimum Gasteiger partial charge on any atom is -0.345 e. The van der Waals surface area contributed by atoms with E-state index in [1.165, 1.54) is 4.70 Å². The molecule has 0 saturated carbocycles. The van der Waals surface area contributed by atoms with Crippen LogP contribution >= 0.6 is 11.3 Å². The van der Waals surface area contributed by atoms with Crippen molar-refractivity contribution in [3.63, 3.8) is 0 Å². The van der Waals surface area contributed by atoms with Crippen molar-refractivity contribution in [1.29, 1.82) is 0 Å². The fourth-order valence-electron chi connectivity index (χ4n) is 1.33. The molecule has 0 fully saturated rings. The predicted octanol–water partition coefficient (Wildman–Crippen LogP) is 2.17. The second-order valence-corrected chi connectivity index (χ2v) is 3.45. The van der Waals surface area contributed by atoms with Gasteiger partial charge in [0, 0.05) is 0 Å². The van der Waals surface area contributed by atoms with Crippen LogP contribution in [0, 0.1) is 0 Å². The molecule has 0 saturated heterocycles. The number of benzene rings is 1. The number of rotatable bonds is 0. The number of nitrogens with zero attached hydrogens (tertiary/aromatic N) is 2. The highest BCUT2D eigenvalue weighted by Crippen LogP contribution is 2.23. The molecule has 4 heteroatoms. The normalized spacial score (nSPS) is 11.3. The maximum atomic E-state index is 4.26. The molecule has 3 rings (SSSR count). The summed E-state index contributed by atoms with van der Waals surface area (Å²) in [5.74, 6) is 0. The molecular formula is C8H5N3S. The molecule has 0 aliphatic rings. The number of fused-ring (bicyclic) bond motifs is 3. The van der Waals surface area contributed by atoms with Crippen LogP contribution in [0.15, 0.2) is 24.0 Å². The van der Waals surface area contributed by atoms with Crippen molar-refractivity contribution in [3.05, 3.63) is 24.0 Å². The van der Waals surface area contributed by atoms with Gasteiger partial charge in [0.2, 0.25) is 0 Å². The summed E-state index contributed by atoms with van der Waals surface area (Å²) in [6.45, 7) is 0. The third-order valence-electron chi connectivity index (χ3n) is 1.89. The third kappa shape index (κ3) is 0.648. The van der Waals surface area contributed by atoms with Crippen molar-refractivity contribution in [3.8, 4) is 0 Å². The Labute approximate surface area is 72.1 Å². The number of H-pyrrole nitrogens is 1. The quantitative estimate of drug-likeness (QED) is 0.569. The number of thiazole rings is 1. The maximum absolute atomic E-state index is 4.26. The van der Waals surface area contributed by atoms with Gasteiger partial charge in [-0.1, -0.05) is 0 Å². The van der Waals surface area contributed by atoms with E-state index in [4.69, 9.17) is 0 Å². The SMILES string of the molecule is c1nc2c(ccc3scnc32)[nH]1. The lowest BCUT2D eigenvalue weighted by atomic mass is 10.3. The molecule has 2 heterocycles. The lowest BCUT2D eigenvalue weighted by Crippen LogP contribution is -1.71. The molecule has 12 heavy (non-hydrogen) atoms. The summed E-state index contributed by atoms with van der Waals surface area (Å²) in [7, 11) is 0. The summed E-state index contributed by atoms with van der Waals surface area (Å²) in [5, 5.41) is 0. The van der Waals surface area contributed by atoms with E-state index in [9.17, 15) is 0 Å². The molecule has 0 radical (unpaired) electrons. The Kier molecular flexibility index (Phi) is 1.04. The molecule has 0 amide bonds. The van der Waals surface area contributed by atoms with E-state index >= 15 is 0 Å². The van der Waals surface area contributed by atoms with Gasteiger partial charge in [0.1, 0.15) is 11.0 Å². The molecule has 0 aliphatic heterocycles. The molecule has 1 aromatic carbocycles. The van der Waals surface area contributed by atoms with Crippen molar-refractivity contribution >= 4 is 32.6 Å². The Hall–Kier alpha value is -1.42. The second kappa shape index (κ2) is 2.04. The topological polar surface area (TPSA) is 41.6 Å². The van der Waals surface area contributed by atoms with E-state index in [0.717, 1.165) is 16.6 Å². The molecule has 58 valence electrons. The van der Waals surface area contributed by atoms with Crippen molar-refractivity contribution < 1.29 is 0 Å². The molecule has 0 atom stereocenters. The fourth-order valence-corrected chi connectivity index (χ4v) is 2.01. The zero-order valence-electron chi connectivity index (χ0n) is 6.11. The van der Waals surface area contributed by atoms with Crippen LogP contribution in [0.1, 0.15) is 0 Å².